The molecule has 10 heteroatoms. The monoisotopic (exact) mass is 502 g/mol. The highest BCUT2D eigenvalue weighted by Gasteiger charge is 2.33. The van der Waals surface area contributed by atoms with E-state index in [1.54, 1.807) is 31.8 Å². The van der Waals surface area contributed by atoms with Gasteiger partial charge in [0.25, 0.3) is 0 Å². The van der Waals surface area contributed by atoms with Gasteiger partial charge in [0.15, 0.2) is 5.82 Å². The summed E-state index contributed by atoms with van der Waals surface area (Å²) in [6, 6.07) is 16.3. The number of methoxy groups -OCH3 is 1. The van der Waals surface area contributed by atoms with Crippen LogP contribution in [0, 0.1) is 0 Å². The summed E-state index contributed by atoms with van der Waals surface area (Å²) in [6.07, 6.45) is 1.30. The zero-order valence-corrected chi connectivity index (χ0v) is 19.4. The van der Waals surface area contributed by atoms with Crippen LogP contribution in [0.5, 0.6) is 5.75 Å². The van der Waals surface area contributed by atoms with Crippen molar-refractivity contribution in [2.24, 2.45) is 0 Å². The van der Waals surface area contributed by atoms with Gasteiger partial charge < -0.3 is 15.0 Å². The third-order valence-electron chi connectivity index (χ3n) is 4.75. The van der Waals surface area contributed by atoms with Gasteiger partial charge in [-0.05, 0) is 36.2 Å². The van der Waals surface area contributed by atoms with E-state index in [9.17, 15) is 18.0 Å². The van der Waals surface area contributed by atoms with Gasteiger partial charge >= 0.3 is 6.18 Å². The van der Waals surface area contributed by atoms with E-state index in [2.05, 4.69) is 20.3 Å². The van der Waals surface area contributed by atoms with Gasteiger partial charge in [0.1, 0.15) is 11.4 Å². The second kappa shape index (κ2) is 12.0. The van der Waals surface area contributed by atoms with Crippen molar-refractivity contribution < 1.29 is 22.7 Å². The van der Waals surface area contributed by atoms with Gasteiger partial charge in [0.05, 0.1) is 17.7 Å². The van der Waals surface area contributed by atoms with Gasteiger partial charge in [0.2, 0.25) is 5.91 Å². The number of carbonyl (C=O) groups is 1. The number of halogens is 4. The maximum Gasteiger partial charge on any atom is 0.417 e. The molecule has 2 N–H and O–H groups in total. The molecule has 2 heterocycles. The van der Waals surface area contributed by atoms with Crippen molar-refractivity contribution in [1.82, 2.24) is 15.0 Å². The van der Waals surface area contributed by atoms with E-state index in [-0.39, 0.29) is 18.0 Å². The first-order valence-corrected chi connectivity index (χ1v) is 10.8. The minimum atomic E-state index is -4.55. The predicted molar refractivity (Wildman–Crippen MR) is 128 cm³/mol. The number of carbonyl (C=O) groups excluding carboxylic acids is 1. The second-order valence-electron chi connectivity index (χ2n) is 7.24. The van der Waals surface area contributed by atoms with Gasteiger partial charge in [-0.1, -0.05) is 41.9 Å². The van der Waals surface area contributed by atoms with Crippen LogP contribution in [0.15, 0.2) is 79.3 Å². The molecule has 0 unspecified atom stereocenters. The summed E-state index contributed by atoms with van der Waals surface area (Å²) in [5, 5.41) is 2.06. The van der Waals surface area contributed by atoms with Crippen molar-refractivity contribution in [3.8, 4) is 17.3 Å². The van der Waals surface area contributed by atoms with Crippen molar-refractivity contribution in [2.45, 2.75) is 19.0 Å². The molecule has 0 aliphatic carbocycles. The lowest BCUT2D eigenvalue weighted by molar-refractivity contribution is -0.137. The van der Waals surface area contributed by atoms with Gasteiger partial charge in [-0.2, -0.15) is 13.2 Å². The van der Waals surface area contributed by atoms with Crippen molar-refractivity contribution in [1.29, 1.82) is 0 Å². The Morgan fingerprint density at radius 1 is 1.06 bits per heavy atom. The number of benzene rings is 2. The molecule has 0 fully saturated rings. The summed E-state index contributed by atoms with van der Waals surface area (Å²) in [5.41, 5.74) is 0.888. The van der Waals surface area contributed by atoms with Crippen LogP contribution in [0.25, 0.3) is 11.5 Å². The van der Waals surface area contributed by atoms with Gasteiger partial charge in [-0.15, -0.1) is 0 Å². The van der Waals surface area contributed by atoms with Crippen molar-refractivity contribution in [3.63, 3.8) is 0 Å². The number of hydrogen-bond donors (Lipinski definition) is 2. The number of nitrogens with zero attached hydrogens (tertiary/aromatic N) is 2. The van der Waals surface area contributed by atoms with Crippen molar-refractivity contribution in [2.75, 3.05) is 12.4 Å². The number of rotatable bonds is 6. The molecule has 2 aromatic heterocycles. The quantitative estimate of drug-likeness (QED) is 0.319. The van der Waals surface area contributed by atoms with Crippen LogP contribution < -0.4 is 10.1 Å². The minimum absolute atomic E-state index is 0.0785. The number of H-pyrrole nitrogens is 1. The molecule has 0 atom stereocenters. The fraction of sp³-hybridized carbons (Fsp3) is 0.160. The van der Waals surface area contributed by atoms with Crippen molar-refractivity contribution >= 4 is 23.2 Å². The van der Waals surface area contributed by atoms with E-state index in [1.807, 2.05) is 36.4 Å². The first-order valence-electron chi connectivity index (χ1n) is 10.5. The maximum absolute atomic E-state index is 12.7. The molecule has 4 rings (SSSR count). The van der Waals surface area contributed by atoms with E-state index in [4.69, 9.17) is 16.3 Å². The second-order valence-corrected chi connectivity index (χ2v) is 7.65. The zero-order valence-electron chi connectivity index (χ0n) is 18.6. The number of pyridine rings is 1. The van der Waals surface area contributed by atoms with Crippen molar-refractivity contribution in [3.05, 3.63) is 95.4 Å². The number of anilines is 1. The highest BCUT2D eigenvalue weighted by Crippen LogP contribution is 2.36. The minimum Gasteiger partial charge on any atom is -0.497 e. The van der Waals surface area contributed by atoms with E-state index in [0.717, 1.165) is 35.0 Å². The Morgan fingerprint density at radius 2 is 1.83 bits per heavy atom. The number of imidazole rings is 1. The Labute approximate surface area is 205 Å². The number of alkyl halides is 3. The lowest BCUT2D eigenvalue weighted by atomic mass is 10.1. The fourth-order valence-corrected chi connectivity index (χ4v) is 3.24. The third-order valence-corrected chi connectivity index (χ3v) is 5.08. The van der Waals surface area contributed by atoms with Crippen LogP contribution in [0.4, 0.5) is 18.9 Å². The number of aryl methyl sites for hydroxylation is 1. The highest BCUT2D eigenvalue weighted by molar-refractivity contribution is 6.31. The molecule has 1 amide bonds. The summed E-state index contributed by atoms with van der Waals surface area (Å²) in [7, 11) is 1.63. The average molecular weight is 503 g/mol. The molecule has 2 aromatic carbocycles. The molecule has 0 radical (unpaired) electrons. The molecule has 182 valence electrons. The van der Waals surface area contributed by atoms with E-state index < -0.39 is 16.8 Å². The lowest BCUT2D eigenvalue weighted by Gasteiger charge is -2.11. The molecule has 0 bridgehead atoms. The Balaban J connectivity index is 0.000000223. The number of amides is 1. The van der Waals surface area contributed by atoms with Crippen LogP contribution in [-0.2, 0) is 17.4 Å². The Morgan fingerprint density at radius 3 is 2.49 bits per heavy atom. The summed E-state index contributed by atoms with van der Waals surface area (Å²) in [6.45, 7) is 0. The largest absolute Gasteiger partial charge is 0.497 e. The van der Waals surface area contributed by atoms with E-state index in [1.165, 1.54) is 6.07 Å². The normalized spacial score (nSPS) is 10.8. The van der Waals surface area contributed by atoms with E-state index >= 15 is 0 Å². The maximum atomic E-state index is 12.7. The smallest absolute Gasteiger partial charge is 0.417 e. The molecule has 0 saturated heterocycles. The number of nitrogens with one attached hydrogen (secondary N) is 2. The van der Waals surface area contributed by atoms with Gasteiger partial charge in [-0.25, -0.2) is 4.98 Å². The molecule has 6 nitrogen and oxygen atoms in total. The van der Waals surface area contributed by atoms with Crippen LogP contribution >= 0.6 is 11.6 Å². The molecule has 4 aromatic rings. The first-order chi connectivity index (χ1) is 16.8. The van der Waals surface area contributed by atoms with E-state index in [0.29, 0.717) is 6.42 Å². The standard InChI is InChI=1S/C16H13ClF3NO.C9H9N3O/c17-14-8-7-12(10-13(14)16(18,19)20)21-15(22)9-6-11-4-2-1-3-5-11;1-13-7-2-3-10-8(6-7)9-11-4-5-12-9/h1-5,7-8,10H,6,9H2,(H,21,22);2-6H,1H3,(H,11,12). The van der Waals surface area contributed by atoms with Gasteiger partial charge in [0, 0.05) is 36.8 Å². The predicted octanol–water partition coefficient (Wildman–Crippen LogP) is 6.41. The summed E-state index contributed by atoms with van der Waals surface area (Å²) >= 11 is 5.53. The molecule has 0 saturated carbocycles. The number of aromatic nitrogens is 3. The lowest BCUT2D eigenvalue weighted by Crippen LogP contribution is -2.13. The molecule has 0 spiro atoms. The molecular weight excluding hydrogens is 481 g/mol. The van der Waals surface area contributed by atoms with Crippen LogP contribution in [-0.4, -0.2) is 28.0 Å². The fourth-order valence-electron chi connectivity index (χ4n) is 3.02. The average Bonchev–Trinajstić information content (AvgIpc) is 3.40. The third kappa shape index (κ3) is 7.86. The summed E-state index contributed by atoms with van der Waals surface area (Å²) in [4.78, 5) is 23.0. The molecule has 0 aliphatic rings. The SMILES string of the molecule is COc1ccnc(-c2ncc[nH]2)c1.O=C(CCc1ccccc1)Nc1ccc(Cl)c(C(F)(F)F)c1. The Bertz CT molecular complexity index is 1230. The first kappa shape index (κ1) is 25.8. The zero-order chi connectivity index (χ0) is 25.3. The summed E-state index contributed by atoms with van der Waals surface area (Å²) < 4.78 is 43.3. The topological polar surface area (TPSA) is 79.9 Å². The van der Waals surface area contributed by atoms with Gasteiger partial charge in [-0.3, -0.25) is 9.78 Å². The highest BCUT2D eigenvalue weighted by atomic mass is 35.5. The Hall–Kier alpha value is -3.85. The molecule has 35 heavy (non-hydrogen) atoms. The molecule has 0 aliphatic heterocycles. The number of hydrogen-bond acceptors (Lipinski definition) is 4. The van der Waals surface area contributed by atoms with Crippen LogP contribution in [0.1, 0.15) is 17.5 Å². The van der Waals surface area contributed by atoms with Crippen LogP contribution in [0.3, 0.4) is 0 Å². The van der Waals surface area contributed by atoms with Crippen LogP contribution in [0.2, 0.25) is 5.02 Å². The number of ether oxygens (including phenoxy) is 1. The molecular formula is C25H22ClF3N4O2. The summed E-state index contributed by atoms with van der Waals surface area (Å²) in [5.74, 6) is 1.18. The number of aromatic amines is 1. The Kier molecular flexibility index (Phi) is 8.86.